The number of anilines is 1. The fraction of sp³-hybridized carbons (Fsp3) is 0.348. The normalized spacial score (nSPS) is 16.5. The van der Waals surface area contributed by atoms with Crippen LogP contribution in [0.15, 0.2) is 58.4 Å². The van der Waals surface area contributed by atoms with Crippen LogP contribution in [0.1, 0.15) is 17.7 Å². The van der Waals surface area contributed by atoms with Gasteiger partial charge in [-0.3, -0.25) is 4.99 Å². The van der Waals surface area contributed by atoms with E-state index < -0.39 is 10.0 Å². The van der Waals surface area contributed by atoms with Crippen LogP contribution in [0.2, 0.25) is 0 Å². The third-order valence-corrected chi connectivity index (χ3v) is 9.27. The summed E-state index contributed by atoms with van der Waals surface area (Å²) in [5, 5.41) is 11.3. The van der Waals surface area contributed by atoms with Gasteiger partial charge in [0.1, 0.15) is 5.04 Å². The molecule has 4 rings (SSSR count). The number of aryl methyl sites for hydroxylation is 1. The van der Waals surface area contributed by atoms with Crippen LogP contribution in [0.4, 0.5) is 5.69 Å². The van der Waals surface area contributed by atoms with E-state index in [0.29, 0.717) is 23.0 Å². The van der Waals surface area contributed by atoms with Crippen molar-refractivity contribution < 1.29 is 13.5 Å². The van der Waals surface area contributed by atoms with Crippen LogP contribution in [0.3, 0.4) is 0 Å². The Morgan fingerprint density at radius 1 is 1.21 bits per heavy atom. The van der Waals surface area contributed by atoms with Crippen molar-refractivity contribution in [3.63, 3.8) is 0 Å². The maximum absolute atomic E-state index is 13.2. The van der Waals surface area contributed by atoms with E-state index in [0.717, 1.165) is 44.9 Å². The molecule has 33 heavy (non-hydrogen) atoms. The highest BCUT2D eigenvalue weighted by atomic mass is 32.3. The maximum atomic E-state index is 13.2. The molecular weight excluding hydrogens is 476 g/mol. The summed E-state index contributed by atoms with van der Waals surface area (Å²) in [5.74, 6) is 0. The molecule has 2 aromatic carbocycles. The average Bonchev–Trinajstić information content (AvgIpc) is 3.44. The Bertz CT molecular complexity index is 1270. The van der Waals surface area contributed by atoms with Gasteiger partial charge in [-0.15, -0.1) is 0 Å². The summed E-state index contributed by atoms with van der Waals surface area (Å²) in [6, 6.07) is 14.3. The van der Waals surface area contributed by atoms with E-state index in [2.05, 4.69) is 22.7 Å². The zero-order valence-corrected chi connectivity index (χ0v) is 21.1. The monoisotopic (exact) mass is 504 g/mol. The molecule has 2 heterocycles. The number of rotatable bonds is 9. The molecule has 2 N–H and O–H groups in total. The molecular formula is C23H28N4O3S3. The number of aliphatic imine (C=N–C) groups is 1. The lowest BCUT2D eigenvalue weighted by molar-refractivity contribution is 0.220. The van der Waals surface area contributed by atoms with Crippen LogP contribution in [-0.2, 0) is 10.0 Å². The van der Waals surface area contributed by atoms with Crippen molar-refractivity contribution >= 4 is 56.2 Å². The minimum absolute atomic E-state index is 0.162. The first kappa shape index (κ1) is 24.2. The third kappa shape index (κ3) is 5.25. The van der Waals surface area contributed by atoms with Gasteiger partial charge in [-0.1, -0.05) is 36.0 Å². The zero-order valence-electron chi connectivity index (χ0n) is 18.6. The Labute approximate surface area is 204 Å². The predicted molar refractivity (Wildman–Crippen MR) is 140 cm³/mol. The lowest BCUT2D eigenvalue weighted by atomic mass is 10.2. The Morgan fingerprint density at radius 2 is 2.00 bits per heavy atom. The number of hydrogen-bond acceptors (Lipinski definition) is 7. The zero-order chi connectivity index (χ0) is 23.6. The molecule has 1 aliphatic rings. The summed E-state index contributed by atoms with van der Waals surface area (Å²) >= 11 is 6.12. The fourth-order valence-corrected chi connectivity index (χ4v) is 6.50. The third-order valence-electron chi connectivity index (χ3n) is 5.62. The molecule has 1 unspecified atom stereocenters. The van der Waals surface area contributed by atoms with Crippen molar-refractivity contribution in [3.8, 4) is 0 Å². The van der Waals surface area contributed by atoms with Crippen LogP contribution in [0.5, 0.6) is 0 Å². The summed E-state index contributed by atoms with van der Waals surface area (Å²) < 4.78 is 27.4. The SMILES string of the molecule is Cc1cccc(S(=O)(=O)N(S)c2cccc3cc(C4=NCC(CCN(C)CCO)S4)[nH]c23)c1. The van der Waals surface area contributed by atoms with Gasteiger partial charge in [-0.05, 0) is 69.6 Å². The molecule has 1 atom stereocenters. The van der Waals surface area contributed by atoms with Gasteiger partial charge in [0.2, 0.25) is 0 Å². The summed E-state index contributed by atoms with van der Waals surface area (Å²) in [7, 11) is -1.82. The van der Waals surface area contributed by atoms with Crippen LogP contribution in [-0.4, -0.2) is 67.0 Å². The number of thioether (sulfide) groups is 1. The first-order valence-electron chi connectivity index (χ1n) is 10.7. The number of aromatic amines is 1. The number of nitrogens with one attached hydrogen (secondary N) is 1. The number of thiol groups is 1. The van der Waals surface area contributed by atoms with Gasteiger partial charge < -0.3 is 15.0 Å². The second kappa shape index (κ2) is 10.1. The fourth-order valence-electron chi connectivity index (χ4n) is 3.78. The average molecular weight is 505 g/mol. The van der Waals surface area contributed by atoms with Gasteiger partial charge in [0.25, 0.3) is 10.0 Å². The molecule has 7 nitrogen and oxygen atoms in total. The Balaban J connectivity index is 1.55. The second-order valence-corrected chi connectivity index (χ2v) is 11.9. The number of benzene rings is 2. The Hall–Kier alpha value is -1.98. The lowest BCUT2D eigenvalue weighted by Crippen LogP contribution is -2.25. The van der Waals surface area contributed by atoms with Crippen LogP contribution in [0, 0.1) is 6.92 Å². The van der Waals surface area contributed by atoms with Crippen molar-refractivity contribution in [2.45, 2.75) is 23.5 Å². The van der Waals surface area contributed by atoms with Crippen LogP contribution < -0.4 is 3.71 Å². The van der Waals surface area contributed by atoms with Gasteiger partial charge in [0.15, 0.2) is 0 Å². The number of H-pyrrole nitrogens is 1. The van der Waals surface area contributed by atoms with Gasteiger partial charge in [0.05, 0.1) is 34.9 Å². The standard InChI is InChI=1S/C23H28N4O3S3/c1-16-5-3-7-19(13-16)33(29,30)27(31)21-8-4-6-17-14-20(25-22(17)21)23-24-15-18(32-23)9-10-26(2)11-12-28/h3-8,13-14,18,25,28,31H,9-12,15H2,1-2H3. The molecule has 176 valence electrons. The maximum Gasteiger partial charge on any atom is 0.273 e. The van der Waals surface area contributed by atoms with E-state index in [9.17, 15) is 8.42 Å². The largest absolute Gasteiger partial charge is 0.395 e. The summed E-state index contributed by atoms with van der Waals surface area (Å²) in [4.78, 5) is 10.4. The highest BCUT2D eigenvalue weighted by Crippen LogP contribution is 2.35. The number of hydrogen-bond donors (Lipinski definition) is 3. The summed E-state index contributed by atoms with van der Waals surface area (Å²) in [5.41, 5.74) is 2.91. The number of para-hydroxylation sites is 1. The van der Waals surface area contributed by atoms with Gasteiger partial charge in [0, 0.05) is 17.2 Å². The van der Waals surface area contributed by atoms with Gasteiger partial charge in [-0.25, -0.2) is 12.1 Å². The van der Waals surface area contributed by atoms with Crippen molar-refractivity contribution in [2.75, 3.05) is 37.0 Å². The molecule has 0 fully saturated rings. The van der Waals surface area contributed by atoms with Crippen LogP contribution >= 0.6 is 24.6 Å². The van der Waals surface area contributed by atoms with Gasteiger partial charge in [-0.2, -0.15) is 0 Å². The summed E-state index contributed by atoms with van der Waals surface area (Å²) in [6.07, 6.45) is 0.985. The first-order valence-corrected chi connectivity index (χ1v) is 13.4. The second-order valence-electron chi connectivity index (χ2n) is 8.19. The van der Waals surface area contributed by atoms with Crippen molar-refractivity contribution in [1.82, 2.24) is 9.88 Å². The van der Waals surface area contributed by atoms with Crippen molar-refractivity contribution in [3.05, 3.63) is 59.8 Å². The van der Waals surface area contributed by atoms with Gasteiger partial charge >= 0.3 is 0 Å². The van der Waals surface area contributed by atoms with E-state index in [-0.39, 0.29) is 11.5 Å². The molecule has 0 saturated heterocycles. The quantitative estimate of drug-likeness (QED) is 0.387. The van der Waals surface area contributed by atoms with Crippen LogP contribution in [0.25, 0.3) is 10.9 Å². The first-order chi connectivity index (χ1) is 15.8. The van der Waals surface area contributed by atoms with Crippen molar-refractivity contribution in [2.24, 2.45) is 4.99 Å². The Morgan fingerprint density at radius 3 is 2.76 bits per heavy atom. The molecule has 0 spiro atoms. The highest BCUT2D eigenvalue weighted by molar-refractivity contribution is 8.15. The Kier molecular flexibility index (Phi) is 7.40. The molecule has 3 aromatic rings. The number of nitrogens with zero attached hydrogens (tertiary/aromatic N) is 3. The predicted octanol–water partition coefficient (Wildman–Crippen LogP) is 3.69. The number of likely N-dealkylation sites (N-methyl/N-ethyl adjacent to an activating group) is 1. The van der Waals surface area contributed by atoms with E-state index in [1.54, 1.807) is 36.0 Å². The minimum Gasteiger partial charge on any atom is -0.395 e. The molecule has 1 aromatic heterocycles. The molecule has 0 saturated carbocycles. The molecule has 0 radical (unpaired) electrons. The molecule has 0 amide bonds. The van der Waals surface area contributed by atoms with E-state index in [1.807, 2.05) is 38.2 Å². The van der Waals surface area contributed by atoms with E-state index >= 15 is 0 Å². The number of aromatic nitrogens is 1. The number of fused-ring (bicyclic) bond motifs is 1. The number of aliphatic hydroxyl groups is 1. The molecule has 10 heteroatoms. The molecule has 0 bridgehead atoms. The number of sulfonamides is 1. The molecule has 1 aliphatic heterocycles. The number of aliphatic hydroxyl groups excluding tert-OH is 1. The molecule has 0 aliphatic carbocycles. The van der Waals surface area contributed by atoms with Crippen molar-refractivity contribution in [1.29, 1.82) is 0 Å². The summed E-state index contributed by atoms with van der Waals surface area (Å²) in [6.45, 7) is 4.34. The lowest BCUT2D eigenvalue weighted by Gasteiger charge is -2.19. The minimum atomic E-state index is -3.83. The van der Waals surface area contributed by atoms with E-state index in [4.69, 9.17) is 10.1 Å². The topological polar surface area (TPSA) is 89.0 Å². The van der Waals surface area contributed by atoms with E-state index in [1.165, 1.54) is 0 Å². The smallest absolute Gasteiger partial charge is 0.273 e. The highest BCUT2D eigenvalue weighted by Gasteiger charge is 2.26.